The van der Waals surface area contributed by atoms with Crippen molar-refractivity contribution < 1.29 is 4.74 Å². The van der Waals surface area contributed by atoms with Crippen molar-refractivity contribution in [2.75, 3.05) is 0 Å². The second-order valence-corrected chi connectivity index (χ2v) is 10.1. The first kappa shape index (κ1) is 21.9. The highest BCUT2D eigenvalue weighted by Crippen LogP contribution is 2.36. The van der Waals surface area contributed by atoms with E-state index in [0.29, 0.717) is 17.4 Å². The molecule has 0 unspecified atom stereocenters. The van der Waals surface area contributed by atoms with Crippen LogP contribution in [0.15, 0.2) is 63.7 Å². The molecule has 0 N–H and O–H groups in total. The summed E-state index contributed by atoms with van der Waals surface area (Å²) in [5, 5.41) is 3.50. The number of nitrogens with zero attached hydrogens (tertiary/aromatic N) is 5. The summed E-state index contributed by atoms with van der Waals surface area (Å²) in [6.07, 6.45) is 7.10. The maximum absolute atomic E-state index is 6.50. The predicted octanol–water partition coefficient (Wildman–Crippen LogP) is 6.49. The van der Waals surface area contributed by atoms with Crippen LogP contribution in [0.1, 0.15) is 17.0 Å². The van der Waals surface area contributed by atoms with Gasteiger partial charge in [0, 0.05) is 70.0 Å². The number of imidazole rings is 1. The summed E-state index contributed by atoms with van der Waals surface area (Å²) in [7, 11) is 2.02. The summed E-state index contributed by atoms with van der Waals surface area (Å²) < 4.78 is 9.31. The predicted molar refractivity (Wildman–Crippen MR) is 133 cm³/mol. The van der Waals surface area contributed by atoms with Crippen molar-refractivity contribution in [1.82, 2.24) is 24.5 Å². The number of thiazole rings is 1. The van der Waals surface area contributed by atoms with Gasteiger partial charge in [-0.1, -0.05) is 35.5 Å². The molecule has 0 atom stereocenters. The average molecular weight is 494 g/mol. The standard InChI is InChI=1S/C24H20ClN5OS2/c1-14-9-17(23-28-10-15(2)30(23)3)16-5-4-6-20(22(16)29-14)31-13-18-19(25)11-26-12-21(18)33-24-27-7-8-32-24/h4-12H,13H2,1-3H3. The zero-order valence-electron chi connectivity index (χ0n) is 18.2. The van der Waals surface area contributed by atoms with E-state index in [9.17, 15) is 0 Å². The fraction of sp³-hybridized carbons (Fsp3) is 0.167. The van der Waals surface area contributed by atoms with E-state index in [1.54, 1.807) is 29.9 Å². The Balaban J connectivity index is 1.52. The molecule has 33 heavy (non-hydrogen) atoms. The van der Waals surface area contributed by atoms with E-state index in [1.165, 1.54) is 11.8 Å². The van der Waals surface area contributed by atoms with E-state index in [-0.39, 0.29) is 0 Å². The lowest BCUT2D eigenvalue weighted by Gasteiger charge is -2.14. The molecule has 0 amide bonds. The minimum absolute atomic E-state index is 0.292. The first-order valence-electron chi connectivity index (χ1n) is 10.2. The number of aryl methyl sites for hydroxylation is 2. The van der Waals surface area contributed by atoms with Gasteiger partial charge in [-0.3, -0.25) is 4.98 Å². The Morgan fingerprint density at radius 3 is 2.79 bits per heavy atom. The van der Waals surface area contributed by atoms with Gasteiger partial charge in [0.15, 0.2) is 4.34 Å². The molecule has 5 aromatic rings. The van der Waals surface area contributed by atoms with Crippen molar-refractivity contribution in [3.8, 4) is 17.1 Å². The number of benzene rings is 1. The van der Waals surface area contributed by atoms with Crippen LogP contribution in [0.2, 0.25) is 5.02 Å². The van der Waals surface area contributed by atoms with Gasteiger partial charge in [0.05, 0.1) is 5.02 Å². The monoisotopic (exact) mass is 493 g/mol. The fourth-order valence-electron chi connectivity index (χ4n) is 3.57. The summed E-state index contributed by atoms with van der Waals surface area (Å²) in [5.41, 5.74) is 4.69. The van der Waals surface area contributed by atoms with Crippen LogP contribution < -0.4 is 4.74 Å². The van der Waals surface area contributed by atoms with Gasteiger partial charge in [-0.15, -0.1) is 11.3 Å². The van der Waals surface area contributed by atoms with Crippen molar-refractivity contribution in [2.45, 2.75) is 29.7 Å². The maximum atomic E-state index is 6.50. The number of rotatable bonds is 6. The summed E-state index contributed by atoms with van der Waals surface area (Å²) in [6.45, 7) is 4.32. The molecule has 0 aliphatic rings. The van der Waals surface area contributed by atoms with E-state index in [0.717, 1.165) is 48.5 Å². The molecule has 6 nitrogen and oxygen atoms in total. The normalized spacial score (nSPS) is 11.3. The number of para-hydroxylation sites is 1. The summed E-state index contributed by atoms with van der Waals surface area (Å²) in [5.74, 6) is 1.60. The lowest BCUT2D eigenvalue weighted by Crippen LogP contribution is -2.02. The van der Waals surface area contributed by atoms with Crippen LogP contribution >= 0.6 is 34.7 Å². The van der Waals surface area contributed by atoms with Gasteiger partial charge < -0.3 is 9.30 Å². The topological polar surface area (TPSA) is 65.7 Å². The number of halogens is 1. The van der Waals surface area contributed by atoms with Crippen LogP contribution in [-0.4, -0.2) is 24.5 Å². The molecular formula is C24H20ClN5OS2. The third-order valence-electron chi connectivity index (χ3n) is 5.34. The largest absolute Gasteiger partial charge is 0.487 e. The average Bonchev–Trinajstić information content (AvgIpc) is 3.43. The van der Waals surface area contributed by atoms with Gasteiger partial charge in [0.25, 0.3) is 0 Å². The van der Waals surface area contributed by atoms with Crippen molar-refractivity contribution >= 4 is 45.6 Å². The van der Waals surface area contributed by atoms with E-state index in [2.05, 4.69) is 31.7 Å². The molecule has 0 saturated heterocycles. The van der Waals surface area contributed by atoms with Crippen molar-refractivity contribution in [3.05, 3.63) is 76.4 Å². The third-order valence-corrected chi connectivity index (χ3v) is 7.62. The van der Waals surface area contributed by atoms with Gasteiger partial charge >= 0.3 is 0 Å². The minimum Gasteiger partial charge on any atom is -0.487 e. The second kappa shape index (κ2) is 9.13. The Morgan fingerprint density at radius 1 is 1.15 bits per heavy atom. The lowest BCUT2D eigenvalue weighted by molar-refractivity contribution is 0.306. The van der Waals surface area contributed by atoms with Crippen molar-refractivity contribution in [3.63, 3.8) is 0 Å². The molecular weight excluding hydrogens is 474 g/mol. The number of aromatic nitrogens is 5. The first-order chi connectivity index (χ1) is 16.0. The number of pyridine rings is 2. The highest BCUT2D eigenvalue weighted by Gasteiger charge is 2.16. The molecule has 0 saturated carbocycles. The SMILES string of the molecule is Cc1cc(-c2ncc(C)n2C)c2cccc(OCc3c(Cl)cncc3Sc3nccs3)c2n1. The van der Waals surface area contributed by atoms with Crippen molar-refractivity contribution in [1.29, 1.82) is 0 Å². The zero-order valence-corrected chi connectivity index (χ0v) is 20.6. The summed E-state index contributed by atoms with van der Waals surface area (Å²) in [6, 6.07) is 8.03. The molecule has 9 heteroatoms. The maximum Gasteiger partial charge on any atom is 0.154 e. The molecule has 166 valence electrons. The zero-order chi connectivity index (χ0) is 22.9. The van der Waals surface area contributed by atoms with E-state index >= 15 is 0 Å². The Bertz CT molecular complexity index is 1450. The van der Waals surface area contributed by atoms with Crippen LogP contribution in [0.3, 0.4) is 0 Å². The molecule has 1 aromatic carbocycles. The molecule has 5 rings (SSSR count). The first-order valence-corrected chi connectivity index (χ1v) is 12.3. The van der Waals surface area contributed by atoms with Gasteiger partial charge in [0.2, 0.25) is 0 Å². The lowest BCUT2D eigenvalue weighted by atomic mass is 10.1. The molecule has 4 heterocycles. The van der Waals surface area contributed by atoms with Gasteiger partial charge in [-0.25, -0.2) is 15.0 Å². The molecule has 0 radical (unpaired) electrons. The molecule has 0 spiro atoms. The second-order valence-electron chi connectivity index (χ2n) is 7.53. The minimum atomic E-state index is 0.292. The highest BCUT2D eigenvalue weighted by molar-refractivity contribution is 8.01. The van der Waals surface area contributed by atoms with Crippen LogP contribution in [0.5, 0.6) is 5.75 Å². The van der Waals surface area contributed by atoms with Crippen LogP contribution in [0.25, 0.3) is 22.3 Å². The Labute approximate surface area is 204 Å². The van der Waals surface area contributed by atoms with E-state index in [1.807, 2.05) is 44.6 Å². The highest BCUT2D eigenvalue weighted by atomic mass is 35.5. The summed E-state index contributed by atoms with van der Waals surface area (Å²) in [4.78, 5) is 18.9. The number of hydrogen-bond donors (Lipinski definition) is 0. The molecule has 0 aliphatic carbocycles. The molecule has 0 fully saturated rings. The molecule has 0 aliphatic heterocycles. The smallest absolute Gasteiger partial charge is 0.154 e. The summed E-state index contributed by atoms with van der Waals surface area (Å²) >= 11 is 9.61. The van der Waals surface area contributed by atoms with Crippen LogP contribution in [0.4, 0.5) is 0 Å². The number of hydrogen-bond acceptors (Lipinski definition) is 7. The Hall–Kier alpha value is -2.94. The Morgan fingerprint density at radius 2 is 2.03 bits per heavy atom. The Kier molecular flexibility index (Phi) is 6.05. The third kappa shape index (κ3) is 4.34. The van der Waals surface area contributed by atoms with Crippen molar-refractivity contribution in [2.24, 2.45) is 7.05 Å². The molecule has 4 aromatic heterocycles. The molecule has 0 bridgehead atoms. The fourth-order valence-corrected chi connectivity index (χ4v) is 5.54. The van der Waals surface area contributed by atoms with Crippen LogP contribution in [0, 0.1) is 13.8 Å². The van der Waals surface area contributed by atoms with Crippen LogP contribution in [-0.2, 0) is 13.7 Å². The van der Waals surface area contributed by atoms with Gasteiger partial charge in [0.1, 0.15) is 23.7 Å². The van der Waals surface area contributed by atoms with Gasteiger partial charge in [-0.2, -0.15) is 0 Å². The number of fused-ring (bicyclic) bond motifs is 1. The van der Waals surface area contributed by atoms with E-state index in [4.69, 9.17) is 21.3 Å². The van der Waals surface area contributed by atoms with E-state index < -0.39 is 0 Å². The quantitative estimate of drug-likeness (QED) is 0.269. The number of ether oxygens (including phenoxy) is 1. The van der Waals surface area contributed by atoms with Gasteiger partial charge in [-0.05, 0) is 26.0 Å².